The highest BCUT2D eigenvalue weighted by Crippen LogP contribution is 2.54. The van der Waals surface area contributed by atoms with Crippen molar-refractivity contribution in [3.8, 4) is 0 Å². The minimum Gasteiger partial charge on any atom is -0.478 e. The van der Waals surface area contributed by atoms with Crippen molar-refractivity contribution in [3.05, 3.63) is 29.1 Å². The van der Waals surface area contributed by atoms with Gasteiger partial charge < -0.3 is 5.11 Å². The van der Waals surface area contributed by atoms with Crippen LogP contribution in [-0.2, 0) is 11.2 Å². The molecule has 1 aliphatic rings. The Morgan fingerprint density at radius 3 is 2.32 bits per heavy atom. The molecule has 1 fully saturated rings. The molecule has 5 heteroatoms. The summed E-state index contributed by atoms with van der Waals surface area (Å²) in [7, 11) is 0. The van der Waals surface area contributed by atoms with Gasteiger partial charge in [0.05, 0.1) is 17.0 Å². The van der Waals surface area contributed by atoms with Gasteiger partial charge in [0.2, 0.25) is 0 Å². The molecule has 2 atom stereocenters. The number of nitrogens with zero attached hydrogens (tertiary/aromatic N) is 2. The normalized spacial score (nSPS) is 27.6. The first-order valence-corrected chi connectivity index (χ1v) is 7.55. The van der Waals surface area contributed by atoms with Crippen LogP contribution < -0.4 is 0 Å². The van der Waals surface area contributed by atoms with Crippen molar-refractivity contribution in [2.24, 2.45) is 16.8 Å². The summed E-state index contributed by atoms with van der Waals surface area (Å²) >= 11 is 0. The van der Waals surface area contributed by atoms with Gasteiger partial charge in [0.1, 0.15) is 5.54 Å². The standard InChI is InChI=1S/C17H22N2O3/c1-6-13-7-14(16(21)22)15(18-8-13)11(4)19-17(12(5)20)9(2)10(17)3/h7-10H,6H2,1-5H3,(H,21,22)/b19-11+. The van der Waals surface area contributed by atoms with Crippen LogP contribution >= 0.6 is 0 Å². The van der Waals surface area contributed by atoms with Gasteiger partial charge in [-0.05, 0) is 43.7 Å². The van der Waals surface area contributed by atoms with Gasteiger partial charge in [-0.15, -0.1) is 0 Å². The lowest BCUT2D eigenvalue weighted by Crippen LogP contribution is -2.24. The fraction of sp³-hybridized carbons (Fsp3) is 0.529. The van der Waals surface area contributed by atoms with Crippen LogP contribution in [0.2, 0.25) is 0 Å². The number of carboxylic acids is 1. The van der Waals surface area contributed by atoms with Crippen molar-refractivity contribution in [2.75, 3.05) is 0 Å². The summed E-state index contributed by atoms with van der Waals surface area (Å²) in [4.78, 5) is 32.3. The predicted octanol–water partition coefficient (Wildman–Crippen LogP) is 2.76. The third kappa shape index (κ3) is 2.45. The lowest BCUT2D eigenvalue weighted by Gasteiger charge is -2.12. The molecule has 0 spiro atoms. The Bertz CT molecular complexity index is 656. The van der Waals surface area contributed by atoms with Crippen LogP contribution in [0.1, 0.15) is 56.2 Å². The van der Waals surface area contributed by atoms with Crippen LogP contribution in [0.25, 0.3) is 0 Å². The Balaban J connectivity index is 2.50. The van der Waals surface area contributed by atoms with Crippen LogP contribution in [0, 0.1) is 11.8 Å². The number of hydrogen-bond donors (Lipinski definition) is 1. The molecular weight excluding hydrogens is 280 g/mol. The number of carboxylic acid groups (broad SMARTS) is 1. The zero-order valence-corrected chi connectivity index (χ0v) is 13.7. The fourth-order valence-electron chi connectivity index (χ4n) is 3.16. The molecule has 1 heterocycles. The Hall–Kier alpha value is -2.04. The van der Waals surface area contributed by atoms with E-state index in [1.54, 1.807) is 26.1 Å². The molecule has 0 bridgehead atoms. The van der Waals surface area contributed by atoms with E-state index in [2.05, 4.69) is 9.98 Å². The van der Waals surface area contributed by atoms with E-state index in [0.717, 1.165) is 12.0 Å². The molecule has 1 N–H and O–H groups in total. The molecule has 118 valence electrons. The Morgan fingerprint density at radius 2 is 1.91 bits per heavy atom. The molecule has 2 unspecified atom stereocenters. The molecule has 0 aliphatic heterocycles. The Labute approximate surface area is 130 Å². The van der Waals surface area contributed by atoms with Gasteiger partial charge in [-0.2, -0.15) is 0 Å². The number of rotatable bonds is 5. The molecule has 0 aromatic carbocycles. The third-order valence-electron chi connectivity index (χ3n) is 4.87. The van der Waals surface area contributed by atoms with Gasteiger partial charge in [-0.3, -0.25) is 14.8 Å². The highest BCUT2D eigenvalue weighted by Gasteiger charge is 2.63. The van der Waals surface area contributed by atoms with E-state index in [0.29, 0.717) is 11.4 Å². The topological polar surface area (TPSA) is 79.6 Å². The van der Waals surface area contributed by atoms with Crippen LogP contribution in [0.15, 0.2) is 17.3 Å². The number of Topliss-reactive ketones (excluding diaryl/α,β-unsaturated/α-hetero) is 1. The number of hydrogen-bond acceptors (Lipinski definition) is 4. The molecule has 1 saturated carbocycles. The summed E-state index contributed by atoms with van der Waals surface area (Å²) in [5.74, 6) is -0.665. The lowest BCUT2D eigenvalue weighted by molar-refractivity contribution is -0.119. The minimum absolute atomic E-state index is 0.0221. The summed E-state index contributed by atoms with van der Waals surface area (Å²) in [6.07, 6.45) is 2.39. The maximum atomic E-state index is 12.0. The second-order valence-electron chi connectivity index (χ2n) is 6.05. The smallest absolute Gasteiger partial charge is 0.337 e. The predicted molar refractivity (Wildman–Crippen MR) is 84.5 cm³/mol. The molecule has 0 saturated heterocycles. The van der Waals surface area contributed by atoms with Gasteiger partial charge in [0.25, 0.3) is 0 Å². The zero-order chi connectivity index (χ0) is 16.7. The van der Waals surface area contributed by atoms with E-state index < -0.39 is 11.5 Å². The van der Waals surface area contributed by atoms with Crippen LogP contribution in [0.3, 0.4) is 0 Å². The van der Waals surface area contributed by atoms with Gasteiger partial charge >= 0.3 is 5.97 Å². The number of ketones is 1. The Kier molecular flexibility index (Phi) is 4.18. The first-order chi connectivity index (χ1) is 10.3. The van der Waals surface area contributed by atoms with E-state index in [-0.39, 0.29) is 23.2 Å². The highest BCUT2D eigenvalue weighted by atomic mass is 16.4. The fourth-order valence-corrected chi connectivity index (χ4v) is 3.16. The summed E-state index contributed by atoms with van der Waals surface area (Å²) in [6, 6.07) is 1.63. The molecule has 5 nitrogen and oxygen atoms in total. The van der Waals surface area contributed by atoms with Gasteiger partial charge in [0, 0.05) is 6.20 Å². The highest BCUT2D eigenvalue weighted by molar-refractivity contribution is 6.07. The van der Waals surface area contributed by atoms with Crippen LogP contribution in [0.4, 0.5) is 0 Å². The van der Waals surface area contributed by atoms with E-state index in [9.17, 15) is 14.7 Å². The van der Waals surface area contributed by atoms with Gasteiger partial charge in [-0.1, -0.05) is 20.8 Å². The minimum atomic E-state index is -1.03. The number of pyridine rings is 1. The second kappa shape index (κ2) is 5.63. The van der Waals surface area contributed by atoms with E-state index >= 15 is 0 Å². The van der Waals surface area contributed by atoms with Crippen molar-refractivity contribution in [3.63, 3.8) is 0 Å². The molecule has 1 aromatic heterocycles. The van der Waals surface area contributed by atoms with Crippen LogP contribution in [-0.4, -0.2) is 33.1 Å². The van der Waals surface area contributed by atoms with Crippen molar-refractivity contribution < 1.29 is 14.7 Å². The number of aliphatic imine (C=N–C) groups is 1. The molecule has 22 heavy (non-hydrogen) atoms. The van der Waals surface area contributed by atoms with E-state index in [4.69, 9.17) is 0 Å². The number of aryl methyl sites for hydroxylation is 1. The third-order valence-corrected chi connectivity index (χ3v) is 4.87. The quantitative estimate of drug-likeness (QED) is 0.848. The number of aromatic nitrogens is 1. The van der Waals surface area contributed by atoms with Crippen LogP contribution in [0.5, 0.6) is 0 Å². The molecule has 0 radical (unpaired) electrons. The lowest BCUT2D eigenvalue weighted by atomic mass is 10.0. The molecule has 2 rings (SSSR count). The molecule has 1 aliphatic carbocycles. The number of carbonyl (C=O) groups excluding carboxylic acids is 1. The number of carbonyl (C=O) groups is 2. The summed E-state index contributed by atoms with van der Waals surface area (Å²) in [6.45, 7) is 9.20. The summed E-state index contributed by atoms with van der Waals surface area (Å²) in [5.41, 5.74) is 1.14. The first kappa shape index (κ1) is 16.3. The molecular formula is C17H22N2O3. The van der Waals surface area contributed by atoms with Crippen molar-refractivity contribution in [1.29, 1.82) is 0 Å². The summed E-state index contributed by atoms with van der Waals surface area (Å²) < 4.78 is 0. The van der Waals surface area contributed by atoms with Crippen molar-refractivity contribution >= 4 is 17.5 Å². The largest absolute Gasteiger partial charge is 0.478 e. The maximum Gasteiger partial charge on any atom is 0.337 e. The first-order valence-electron chi connectivity index (χ1n) is 7.55. The average molecular weight is 302 g/mol. The van der Waals surface area contributed by atoms with Gasteiger partial charge in [-0.25, -0.2) is 4.79 Å². The molecule has 0 amide bonds. The average Bonchev–Trinajstić information content (AvgIpc) is 3.00. The monoisotopic (exact) mass is 302 g/mol. The van der Waals surface area contributed by atoms with E-state index in [1.165, 1.54) is 0 Å². The van der Waals surface area contributed by atoms with Crippen molar-refractivity contribution in [1.82, 2.24) is 4.98 Å². The number of aromatic carboxylic acids is 1. The maximum absolute atomic E-state index is 12.0. The zero-order valence-electron chi connectivity index (χ0n) is 13.7. The van der Waals surface area contributed by atoms with Gasteiger partial charge in [0.15, 0.2) is 5.78 Å². The summed E-state index contributed by atoms with van der Waals surface area (Å²) in [5, 5.41) is 9.40. The van der Waals surface area contributed by atoms with Crippen molar-refractivity contribution in [2.45, 2.75) is 46.6 Å². The molecule has 1 aromatic rings. The SMILES string of the molecule is CCc1cnc(/C(C)=N/C2(C(C)=O)C(C)C2C)c(C(=O)O)c1. The van der Waals surface area contributed by atoms with E-state index in [1.807, 2.05) is 20.8 Å². The Morgan fingerprint density at radius 1 is 1.32 bits per heavy atom. The second-order valence-corrected chi connectivity index (χ2v) is 6.05.